The van der Waals surface area contributed by atoms with Crippen LogP contribution in [0.4, 0.5) is 4.79 Å². The third-order valence-corrected chi connectivity index (χ3v) is 5.31. The molecule has 3 rings (SSSR count). The molecule has 1 aliphatic rings. The molecule has 1 fully saturated rings. The number of hydrogen-bond donors (Lipinski definition) is 2. The van der Waals surface area contributed by atoms with Crippen LogP contribution in [-0.2, 0) is 19.9 Å². The number of imide groups is 1. The van der Waals surface area contributed by atoms with Crippen LogP contribution < -0.4 is 10.6 Å². The van der Waals surface area contributed by atoms with Gasteiger partial charge in [0.25, 0.3) is 5.91 Å². The van der Waals surface area contributed by atoms with Crippen molar-refractivity contribution in [1.82, 2.24) is 15.5 Å². The van der Waals surface area contributed by atoms with E-state index in [2.05, 4.69) is 24.5 Å². The molecular formula is C23H29N3O4. The molecule has 7 nitrogen and oxygen atoms in total. The summed E-state index contributed by atoms with van der Waals surface area (Å²) in [6.45, 7) is 6.97. The lowest BCUT2D eigenvalue weighted by Crippen LogP contribution is -2.43. The molecule has 30 heavy (non-hydrogen) atoms. The maximum atomic E-state index is 13.1. The minimum absolute atomic E-state index is 0.322. The average Bonchev–Trinajstić information content (AvgIpc) is 2.93. The number of nitrogens with zero attached hydrogens (tertiary/aromatic N) is 1. The summed E-state index contributed by atoms with van der Waals surface area (Å²) in [5.74, 6) is -0.268. The summed E-state index contributed by atoms with van der Waals surface area (Å²) in [7, 11) is 0. The maximum Gasteiger partial charge on any atom is 0.325 e. The van der Waals surface area contributed by atoms with Crippen molar-refractivity contribution in [3.63, 3.8) is 0 Å². The quantitative estimate of drug-likeness (QED) is 0.491. The van der Waals surface area contributed by atoms with Gasteiger partial charge in [-0.3, -0.25) is 14.5 Å². The highest BCUT2D eigenvalue weighted by Gasteiger charge is 2.50. The number of urea groups is 1. The summed E-state index contributed by atoms with van der Waals surface area (Å²) in [4.78, 5) is 38.9. The minimum atomic E-state index is -1.22. The number of amides is 4. The molecule has 1 aliphatic heterocycles. The number of hydrogen-bond acceptors (Lipinski definition) is 4. The van der Waals surface area contributed by atoms with Crippen molar-refractivity contribution in [2.75, 3.05) is 26.3 Å². The first-order chi connectivity index (χ1) is 14.3. The number of nitrogens with one attached hydrogen (secondary N) is 2. The van der Waals surface area contributed by atoms with E-state index in [1.807, 2.05) is 42.5 Å². The van der Waals surface area contributed by atoms with Crippen LogP contribution in [0.15, 0.2) is 42.5 Å². The highest BCUT2D eigenvalue weighted by molar-refractivity contribution is 6.10. The van der Waals surface area contributed by atoms with Gasteiger partial charge in [-0.05, 0) is 35.6 Å². The molecular weight excluding hydrogens is 382 g/mol. The van der Waals surface area contributed by atoms with Gasteiger partial charge in [0.2, 0.25) is 5.91 Å². The van der Waals surface area contributed by atoms with Gasteiger partial charge in [-0.2, -0.15) is 0 Å². The van der Waals surface area contributed by atoms with Crippen molar-refractivity contribution in [3.05, 3.63) is 48.0 Å². The highest BCUT2D eigenvalue weighted by atomic mass is 16.5. The summed E-state index contributed by atoms with van der Waals surface area (Å²) < 4.78 is 5.46. The van der Waals surface area contributed by atoms with E-state index in [-0.39, 0.29) is 6.54 Å². The Bertz CT molecular complexity index is 938. The lowest BCUT2D eigenvalue weighted by atomic mass is 9.88. The zero-order valence-electron chi connectivity index (χ0n) is 17.7. The Balaban J connectivity index is 1.62. The van der Waals surface area contributed by atoms with Crippen LogP contribution in [0.3, 0.4) is 0 Å². The zero-order chi connectivity index (χ0) is 21.7. The van der Waals surface area contributed by atoms with Gasteiger partial charge in [0, 0.05) is 13.2 Å². The van der Waals surface area contributed by atoms with Gasteiger partial charge in [0.15, 0.2) is 0 Å². The third kappa shape index (κ3) is 4.62. The third-order valence-electron chi connectivity index (χ3n) is 5.31. The van der Waals surface area contributed by atoms with Crippen LogP contribution in [0.5, 0.6) is 0 Å². The van der Waals surface area contributed by atoms with Gasteiger partial charge in [-0.25, -0.2) is 4.79 Å². The number of carbonyl (C=O) groups is 3. The number of ether oxygens (including phenoxy) is 1. The van der Waals surface area contributed by atoms with E-state index in [9.17, 15) is 14.4 Å². The highest BCUT2D eigenvalue weighted by Crippen LogP contribution is 2.33. The van der Waals surface area contributed by atoms with Crippen LogP contribution >= 0.6 is 0 Å². The smallest absolute Gasteiger partial charge is 0.325 e. The van der Waals surface area contributed by atoms with E-state index in [0.717, 1.165) is 22.1 Å². The van der Waals surface area contributed by atoms with Gasteiger partial charge in [0.1, 0.15) is 12.1 Å². The van der Waals surface area contributed by atoms with E-state index in [0.29, 0.717) is 31.2 Å². The normalized spacial score (nSPS) is 18.9. The van der Waals surface area contributed by atoms with E-state index >= 15 is 0 Å². The SMILES string of the molecule is CC(C)CCOCCNC(=O)CN1C(=O)NC(C)(c2cccc3ccccc23)C1=O. The Morgan fingerprint density at radius 3 is 2.63 bits per heavy atom. The molecule has 1 heterocycles. The maximum absolute atomic E-state index is 13.1. The van der Waals surface area contributed by atoms with Crippen molar-refractivity contribution < 1.29 is 19.1 Å². The first-order valence-corrected chi connectivity index (χ1v) is 10.3. The lowest BCUT2D eigenvalue weighted by Gasteiger charge is -2.24. The molecule has 1 saturated heterocycles. The molecule has 2 aromatic rings. The van der Waals surface area contributed by atoms with E-state index in [1.54, 1.807) is 6.92 Å². The Labute approximate surface area is 176 Å². The topological polar surface area (TPSA) is 87.7 Å². The average molecular weight is 412 g/mol. The molecule has 0 aromatic heterocycles. The van der Waals surface area contributed by atoms with Gasteiger partial charge < -0.3 is 15.4 Å². The van der Waals surface area contributed by atoms with Crippen molar-refractivity contribution in [1.29, 1.82) is 0 Å². The molecule has 1 atom stereocenters. The van der Waals surface area contributed by atoms with E-state index in [1.165, 1.54) is 0 Å². The van der Waals surface area contributed by atoms with Crippen LogP contribution in [0.1, 0.15) is 32.8 Å². The predicted octanol–water partition coefficient (Wildman–Crippen LogP) is 2.79. The first kappa shape index (κ1) is 21.8. The van der Waals surface area contributed by atoms with Gasteiger partial charge in [0.05, 0.1) is 6.61 Å². The Morgan fingerprint density at radius 1 is 1.13 bits per heavy atom. The molecule has 4 amide bonds. The minimum Gasteiger partial charge on any atom is -0.380 e. The number of carbonyl (C=O) groups excluding carboxylic acids is 3. The van der Waals surface area contributed by atoms with E-state index in [4.69, 9.17) is 4.74 Å². The Kier molecular flexibility index (Phi) is 6.72. The predicted molar refractivity (Wildman–Crippen MR) is 115 cm³/mol. The second kappa shape index (κ2) is 9.26. The second-order valence-corrected chi connectivity index (χ2v) is 8.12. The van der Waals surface area contributed by atoms with Crippen molar-refractivity contribution in [3.8, 4) is 0 Å². The summed E-state index contributed by atoms with van der Waals surface area (Å²) in [6.07, 6.45) is 0.961. The molecule has 0 aliphatic carbocycles. The molecule has 7 heteroatoms. The molecule has 1 unspecified atom stereocenters. The molecule has 0 radical (unpaired) electrons. The van der Waals surface area contributed by atoms with E-state index < -0.39 is 23.4 Å². The van der Waals surface area contributed by atoms with Crippen molar-refractivity contribution in [2.24, 2.45) is 5.92 Å². The van der Waals surface area contributed by atoms with Crippen molar-refractivity contribution >= 4 is 28.6 Å². The molecule has 2 N–H and O–H groups in total. The summed E-state index contributed by atoms with van der Waals surface area (Å²) >= 11 is 0. The first-order valence-electron chi connectivity index (χ1n) is 10.3. The van der Waals surface area contributed by atoms with Gasteiger partial charge in [-0.1, -0.05) is 56.3 Å². The molecule has 160 valence electrons. The number of fused-ring (bicyclic) bond motifs is 1. The second-order valence-electron chi connectivity index (χ2n) is 8.12. The number of rotatable bonds is 9. The summed E-state index contributed by atoms with van der Waals surface area (Å²) in [6, 6.07) is 12.8. The molecule has 0 bridgehead atoms. The lowest BCUT2D eigenvalue weighted by molar-refractivity contribution is -0.134. The fourth-order valence-corrected chi connectivity index (χ4v) is 3.57. The fourth-order valence-electron chi connectivity index (χ4n) is 3.57. The molecule has 0 spiro atoms. The van der Waals surface area contributed by atoms with Crippen LogP contribution in [0.2, 0.25) is 0 Å². The van der Waals surface area contributed by atoms with Crippen LogP contribution in [0.25, 0.3) is 10.8 Å². The Morgan fingerprint density at radius 2 is 1.87 bits per heavy atom. The monoisotopic (exact) mass is 411 g/mol. The zero-order valence-corrected chi connectivity index (χ0v) is 17.7. The molecule has 0 saturated carbocycles. The standard InChI is InChI=1S/C23H29N3O4/c1-16(2)11-13-30-14-12-24-20(27)15-26-21(28)23(3,25-22(26)29)19-10-6-8-17-7-4-5-9-18(17)19/h4-10,16H,11-15H2,1-3H3,(H,24,27)(H,25,29). The molecule has 2 aromatic carbocycles. The van der Waals surface area contributed by atoms with Gasteiger partial charge in [-0.15, -0.1) is 0 Å². The Hall–Kier alpha value is -2.93. The summed E-state index contributed by atoms with van der Waals surface area (Å²) in [5.41, 5.74) is -0.515. The summed E-state index contributed by atoms with van der Waals surface area (Å²) in [5, 5.41) is 7.34. The van der Waals surface area contributed by atoms with Crippen LogP contribution in [0, 0.1) is 5.92 Å². The fraction of sp³-hybridized carbons (Fsp3) is 0.435. The van der Waals surface area contributed by atoms with Crippen LogP contribution in [-0.4, -0.2) is 49.0 Å². The van der Waals surface area contributed by atoms with Crippen molar-refractivity contribution in [2.45, 2.75) is 32.7 Å². The van der Waals surface area contributed by atoms with Gasteiger partial charge >= 0.3 is 6.03 Å². The largest absolute Gasteiger partial charge is 0.380 e. The number of benzene rings is 2.